The van der Waals surface area contributed by atoms with Crippen LogP contribution in [0.5, 0.6) is 0 Å². The Bertz CT molecular complexity index is 515. The highest BCUT2D eigenvalue weighted by molar-refractivity contribution is 7.10. The second-order valence-electron chi connectivity index (χ2n) is 4.60. The highest BCUT2D eigenvalue weighted by Gasteiger charge is 2.26. The van der Waals surface area contributed by atoms with Gasteiger partial charge < -0.3 is 5.73 Å². The number of fused-ring (bicyclic) bond motifs is 1. The van der Waals surface area contributed by atoms with Crippen molar-refractivity contribution in [2.75, 3.05) is 19.3 Å². The van der Waals surface area contributed by atoms with Crippen LogP contribution < -0.4 is 5.73 Å². The summed E-state index contributed by atoms with van der Waals surface area (Å²) >= 11 is 1.88. The van der Waals surface area contributed by atoms with Gasteiger partial charge in [0.1, 0.15) is 0 Å². The average molecular weight is 244 g/mol. The molecule has 1 aromatic heterocycles. The Morgan fingerprint density at radius 2 is 2.00 bits per heavy atom. The quantitative estimate of drug-likeness (QED) is 0.782. The Kier molecular flexibility index (Phi) is 2.65. The second-order valence-corrected chi connectivity index (χ2v) is 5.60. The van der Waals surface area contributed by atoms with Crippen molar-refractivity contribution in [3.05, 3.63) is 51.7 Å². The van der Waals surface area contributed by atoms with Gasteiger partial charge in [0.05, 0.1) is 6.04 Å². The van der Waals surface area contributed by atoms with E-state index in [1.807, 2.05) is 23.5 Å². The van der Waals surface area contributed by atoms with Gasteiger partial charge >= 0.3 is 0 Å². The van der Waals surface area contributed by atoms with Gasteiger partial charge in [-0.25, -0.2) is 0 Å². The van der Waals surface area contributed by atoms with Crippen LogP contribution in [0, 0.1) is 0 Å². The summed E-state index contributed by atoms with van der Waals surface area (Å²) in [6.07, 6.45) is 1.18. The molecule has 1 aliphatic heterocycles. The zero-order valence-electron chi connectivity index (χ0n) is 9.89. The highest BCUT2D eigenvalue weighted by Crippen LogP contribution is 2.36. The molecule has 1 aromatic carbocycles. The molecule has 88 valence electrons. The van der Waals surface area contributed by atoms with Crippen LogP contribution in [0.4, 0.5) is 5.69 Å². The van der Waals surface area contributed by atoms with E-state index in [9.17, 15) is 0 Å². The third kappa shape index (κ3) is 1.85. The Morgan fingerprint density at radius 1 is 1.24 bits per heavy atom. The lowest BCUT2D eigenvalue weighted by atomic mass is 9.94. The number of nitrogen functional groups attached to an aromatic ring is 1. The van der Waals surface area contributed by atoms with Crippen LogP contribution in [-0.4, -0.2) is 18.5 Å². The molecule has 0 saturated carbocycles. The number of nitrogens with zero attached hydrogens (tertiary/aromatic N) is 1. The molecule has 0 fully saturated rings. The van der Waals surface area contributed by atoms with Crippen molar-refractivity contribution in [2.24, 2.45) is 0 Å². The second kappa shape index (κ2) is 4.17. The maximum absolute atomic E-state index is 5.75. The SMILES string of the molecule is CN1CCc2sccc2C1c1ccc(N)cc1. The minimum absolute atomic E-state index is 0.394. The van der Waals surface area contributed by atoms with Gasteiger partial charge in [-0.15, -0.1) is 11.3 Å². The van der Waals surface area contributed by atoms with Gasteiger partial charge in [-0.3, -0.25) is 4.90 Å². The molecule has 0 bridgehead atoms. The van der Waals surface area contributed by atoms with Crippen LogP contribution in [0.3, 0.4) is 0 Å². The van der Waals surface area contributed by atoms with Crippen LogP contribution in [0.15, 0.2) is 35.7 Å². The standard InChI is InChI=1S/C14H16N2S/c1-16-8-6-13-12(7-9-17-13)14(16)10-2-4-11(15)5-3-10/h2-5,7,9,14H,6,8,15H2,1H3. The Labute approximate surface area is 106 Å². The van der Waals surface area contributed by atoms with E-state index in [-0.39, 0.29) is 0 Å². The predicted octanol–water partition coefficient (Wildman–Crippen LogP) is 2.91. The van der Waals surface area contributed by atoms with E-state index in [0.717, 1.165) is 12.2 Å². The van der Waals surface area contributed by atoms with Crippen LogP contribution in [0.2, 0.25) is 0 Å². The number of rotatable bonds is 1. The van der Waals surface area contributed by atoms with Gasteiger partial charge in [0.15, 0.2) is 0 Å². The van der Waals surface area contributed by atoms with Gasteiger partial charge in [-0.05, 0) is 48.2 Å². The molecule has 3 rings (SSSR count). The number of nitrogens with two attached hydrogens (primary N) is 1. The van der Waals surface area contributed by atoms with Gasteiger partial charge in [-0.1, -0.05) is 12.1 Å². The summed E-state index contributed by atoms with van der Waals surface area (Å²) in [5.41, 5.74) is 9.39. The maximum Gasteiger partial charge on any atom is 0.0610 e. The molecule has 2 nitrogen and oxygen atoms in total. The fraction of sp³-hybridized carbons (Fsp3) is 0.286. The summed E-state index contributed by atoms with van der Waals surface area (Å²) < 4.78 is 0. The van der Waals surface area contributed by atoms with Gasteiger partial charge in [0.25, 0.3) is 0 Å². The molecule has 1 atom stereocenters. The number of hydrogen-bond donors (Lipinski definition) is 1. The molecule has 0 saturated heterocycles. The minimum atomic E-state index is 0.394. The van der Waals surface area contributed by atoms with Crippen molar-refractivity contribution in [3.63, 3.8) is 0 Å². The summed E-state index contributed by atoms with van der Waals surface area (Å²) in [7, 11) is 2.20. The number of anilines is 1. The Morgan fingerprint density at radius 3 is 2.76 bits per heavy atom. The van der Waals surface area contributed by atoms with Crippen molar-refractivity contribution in [1.82, 2.24) is 4.90 Å². The molecule has 2 aromatic rings. The molecular weight excluding hydrogens is 228 g/mol. The van der Waals surface area contributed by atoms with Crippen molar-refractivity contribution in [1.29, 1.82) is 0 Å². The summed E-state index contributed by atoms with van der Waals surface area (Å²) in [6, 6.07) is 10.9. The fourth-order valence-corrected chi connectivity index (χ4v) is 3.46. The van der Waals surface area contributed by atoms with E-state index in [2.05, 4.69) is 35.5 Å². The van der Waals surface area contributed by atoms with Gasteiger partial charge in [0.2, 0.25) is 0 Å². The normalized spacial score (nSPS) is 20.2. The molecular formula is C14H16N2S. The topological polar surface area (TPSA) is 29.3 Å². The number of thiophene rings is 1. The van der Waals surface area contributed by atoms with Crippen LogP contribution >= 0.6 is 11.3 Å². The minimum Gasteiger partial charge on any atom is -0.399 e. The van der Waals surface area contributed by atoms with Crippen molar-refractivity contribution in [3.8, 4) is 0 Å². The maximum atomic E-state index is 5.75. The molecule has 2 heterocycles. The van der Waals surface area contributed by atoms with E-state index < -0.39 is 0 Å². The molecule has 3 heteroatoms. The molecule has 2 N–H and O–H groups in total. The zero-order valence-corrected chi connectivity index (χ0v) is 10.7. The smallest absolute Gasteiger partial charge is 0.0610 e. The van der Waals surface area contributed by atoms with Gasteiger partial charge in [-0.2, -0.15) is 0 Å². The molecule has 0 spiro atoms. The summed E-state index contributed by atoms with van der Waals surface area (Å²) in [4.78, 5) is 3.95. The van der Waals surface area contributed by atoms with Crippen LogP contribution in [0.25, 0.3) is 0 Å². The first kappa shape index (κ1) is 10.8. The lowest BCUT2D eigenvalue weighted by molar-refractivity contribution is 0.267. The van der Waals surface area contributed by atoms with Gasteiger partial charge in [0, 0.05) is 17.1 Å². The summed E-state index contributed by atoms with van der Waals surface area (Å²) in [5, 5.41) is 2.20. The van der Waals surface area contributed by atoms with Crippen molar-refractivity contribution < 1.29 is 0 Å². The molecule has 1 unspecified atom stereocenters. The Balaban J connectivity index is 2.05. The first-order valence-electron chi connectivity index (χ1n) is 5.87. The van der Waals surface area contributed by atoms with Crippen molar-refractivity contribution >= 4 is 17.0 Å². The van der Waals surface area contributed by atoms with Crippen molar-refractivity contribution in [2.45, 2.75) is 12.5 Å². The summed E-state index contributed by atoms with van der Waals surface area (Å²) in [5.74, 6) is 0. The number of likely N-dealkylation sites (N-methyl/N-ethyl adjacent to an activating group) is 1. The molecule has 1 aliphatic rings. The Hall–Kier alpha value is -1.32. The lowest BCUT2D eigenvalue weighted by Gasteiger charge is -2.33. The number of hydrogen-bond acceptors (Lipinski definition) is 3. The molecule has 17 heavy (non-hydrogen) atoms. The van der Waals surface area contributed by atoms with E-state index in [1.165, 1.54) is 22.4 Å². The first-order chi connectivity index (χ1) is 8.25. The average Bonchev–Trinajstić information content (AvgIpc) is 2.79. The largest absolute Gasteiger partial charge is 0.399 e. The molecule has 0 radical (unpaired) electrons. The third-order valence-corrected chi connectivity index (χ3v) is 4.46. The lowest BCUT2D eigenvalue weighted by Crippen LogP contribution is -2.31. The monoisotopic (exact) mass is 244 g/mol. The number of benzene rings is 1. The zero-order chi connectivity index (χ0) is 11.8. The van der Waals surface area contributed by atoms with E-state index in [0.29, 0.717) is 6.04 Å². The van der Waals surface area contributed by atoms with Crippen LogP contribution in [0.1, 0.15) is 22.0 Å². The van der Waals surface area contributed by atoms with E-state index in [1.54, 1.807) is 0 Å². The van der Waals surface area contributed by atoms with E-state index in [4.69, 9.17) is 5.73 Å². The first-order valence-corrected chi connectivity index (χ1v) is 6.75. The predicted molar refractivity (Wildman–Crippen MR) is 73.4 cm³/mol. The van der Waals surface area contributed by atoms with Crippen LogP contribution in [-0.2, 0) is 6.42 Å². The summed E-state index contributed by atoms with van der Waals surface area (Å²) in [6.45, 7) is 1.13. The molecule has 0 aliphatic carbocycles. The molecule has 0 amide bonds. The third-order valence-electron chi connectivity index (χ3n) is 3.46. The van der Waals surface area contributed by atoms with E-state index >= 15 is 0 Å². The fourth-order valence-electron chi connectivity index (χ4n) is 2.55. The highest BCUT2D eigenvalue weighted by atomic mass is 32.1.